The number of ether oxygens (including phenoxy) is 1. The van der Waals surface area contributed by atoms with Gasteiger partial charge in [-0.1, -0.05) is 18.2 Å². The summed E-state index contributed by atoms with van der Waals surface area (Å²) in [5, 5.41) is 1.03. The van der Waals surface area contributed by atoms with E-state index in [4.69, 9.17) is 4.74 Å². The second-order valence-corrected chi connectivity index (χ2v) is 5.46. The Morgan fingerprint density at radius 2 is 1.81 bits per heavy atom. The fourth-order valence-corrected chi connectivity index (χ4v) is 2.91. The average molecular weight is 295 g/mol. The molecule has 4 heteroatoms. The lowest BCUT2D eigenvalue weighted by molar-refractivity contribution is 0.108. The van der Waals surface area contributed by atoms with Crippen LogP contribution in [0.4, 0.5) is 0 Å². The molecule has 0 bridgehead atoms. The van der Waals surface area contributed by atoms with Crippen LogP contribution in [0.5, 0.6) is 5.75 Å². The highest BCUT2D eigenvalue weighted by Gasteiger charge is 2.11. The third kappa shape index (κ3) is 2.90. The third-order valence-electron chi connectivity index (χ3n) is 3.12. The molecule has 21 heavy (non-hydrogen) atoms. The maximum absolute atomic E-state index is 12.4. The number of hydrogen-bond acceptors (Lipinski definition) is 4. The first kappa shape index (κ1) is 13.6. The summed E-state index contributed by atoms with van der Waals surface area (Å²) in [6.45, 7) is 0. The molecule has 0 spiro atoms. The van der Waals surface area contributed by atoms with Crippen molar-refractivity contribution in [3.8, 4) is 5.75 Å². The molecule has 0 saturated carbocycles. The number of carbonyl (C=O) groups is 1. The van der Waals surface area contributed by atoms with Crippen molar-refractivity contribution in [2.75, 3.05) is 7.11 Å². The molecule has 104 valence electrons. The molecule has 0 aliphatic heterocycles. The third-order valence-corrected chi connectivity index (χ3v) is 4.09. The van der Waals surface area contributed by atoms with Gasteiger partial charge in [-0.25, -0.2) is 0 Å². The zero-order valence-corrected chi connectivity index (χ0v) is 12.3. The van der Waals surface area contributed by atoms with Gasteiger partial charge in [-0.2, -0.15) is 0 Å². The molecule has 0 aliphatic rings. The number of hydrogen-bond donors (Lipinski definition) is 0. The molecule has 0 amide bonds. The summed E-state index contributed by atoms with van der Waals surface area (Å²) in [5.74, 6) is 0.739. The first-order chi connectivity index (χ1) is 10.3. The molecular weight excluding hydrogens is 282 g/mol. The smallest absolute Gasteiger partial charge is 0.224 e. The van der Waals surface area contributed by atoms with Crippen molar-refractivity contribution in [2.45, 2.75) is 4.90 Å². The van der Waals surface area contributed by atoms with Crippen LogP contribution in [-0.2, 0) is 0 Å². The number of benzene rings is 2. The Bertz CT molecular complexity index is 779. The van der Waals surface area contributed by atoms with E-state index in [0.29, 0.717) is 5.56 Å². The van der Waals surface area contributed by atoms with Crippen molar-refractivity contribution in [1.82, 2.24) is 4.98 Å². The lowest BCUT2D eigenvalue weighted by atomic mass is 10.2. The molecule has 3 rings (SSSR count). The average Bonchev–Trinajstić information content (AvgIpc) is 2.55. The van der Waals surface area contributed by atoms with Crippen LogP contribution in [0.15, 0.2) is 65.7 Å². The second kappa shape index (κ2) is 5.97. The molecule has 2 aromatic carbocycles. The van der Waals surface area contributed by atoms with Gasteiger partial charge in [-0.3, -0.25) is 9.78 Å². The Morgan fingerprint density at radius 1 is 1.05 bits per heavy atom. The van der Waals surface area contributed by atoms with E-state index in [-0.39, 0.29) is 5.12 Å². The second-order valence-electron chi connectivity index (χ2n) is 4.45. The van der Waals surface area contributed by atoms with E-state index in [9.17, 15) is 4.79 Å². The zero-order valence-electron chi connectivity index (χ0n) is 11.4. The SMILES string of the molecule is COc1ccc(C(=O)Sc2cccc3cccnc23)cc1. The molecule has 0 radical (unpaired) electrons. The number of pyridine rings is 1. The minimum atomic E-state index is -0.00388. The monoisotopic (exact) mass is 295 g/mol. The van der Waals surface area contributed by atoms with Crippen molar-refractivity contribution in [2.24, 2.45) is 0 Å². The highest BCUT2D eigenvalue weighted by Crippen LogP contribution is 2.29. The van der Waals surface area contributed by atoms with Gasteiger partial charge < -0.3 is 4.74 Å². The van der Waals surface area contributed by atoms with Crippen LogP contribution < -0.4 is 4.74 Å². The molecule has 1 aromatic heterocycles. The largest absolute Gasteiger partial charge is 0.497 e. The van der Waals surface area contributed by atoms with Gasteiger partial charge in [0.15, 0.2) is 0 Å². The van der Waals surface area contributed by atoms with Crippen LogP contribution >= 0.6 is 11.8 Å². The predicted molar refractivity (Wildman–Crippen MR) is 84.9 cm³/mol. The quantitative estimate of drug-likeness (QED) is 0.680. The molecule has 0 atom stereocenters. The molecule has 0 aliphatic carbocycles. The van der Waals surface area contributed by atoms with Crippen LogP contribution in [0.2, 0.25) is 0 Å². The lowest BCUT2D eigenvalue weighted by Crippen LogP contribution is -1.94. The summed E-state index contributed by atoms with van der Waals surface area (Å²) in [4.78, 5) is 17.6. The summed E-state index contributed by atoms with van der Waals surface area (Å²) >= 11 is 1.20. The molecular formula is C17H13NO2S. The van der Waals surface area contributed by atoms with E-state index in [1.54, 1.807) is 37.6 Å². The van der Waals surface area contributed by atoms with Gasteiger partial charge in [0.05, 0.1) is 12.6 Å². The van der Waals surface area contributed by atoms with Crippen molar-refractivity contribution in [3.05, 3.63) is 66.4 Å². The molecule has 3 nitrogen and oxygen atoms in total. The maximum atomic E-state index is 12.4. The predicted octanol–water partition coefficient (Wildman–Crippen LogP) is 4.18. The summed E-state index contributed by atoms with van der Waals surface area (Å²) in [5.41, 5.74) is 1.50. The highest BCUT2D eigenvalue weighted by molar-refractivity contribution is 8.14. The molecule has 0 saturated heterocycles. The van der Waals surface area contributed by atoms with Gasteiger partial charge >= 0.3 is 0 Å². The fraction of sp³-hybridized carbons (Fsp3) is 0.0588. The highest BCUT2D eigenvalue weighted by atomic mass is 32.2. The van der Waals surface area contributed by atoms with Gasteiger partial charge in [0.2, 0.25) is 5.12 Å². The van der Waals surface area contributed by atoms with Crippen molar-refractivity contribution >= 4 is 27.8 Å². The Hall–Kier alpha value is -2.33. The Kier molecular flexibility index (Phi) is 3.88. The molecule has 0 fully saturated rings. The minimum absolute atomic E-state index is 0.00388. The molecule has 0 unspecified atom stereocenters. The molecule has 0 N–H and O–H groups in total. The van der Waals surface area contributed by atoms with Crippen LogP contribution in [0.1, 0.15) is 10.4 Å². The van der Waals surface area contributed by atoms with E-state index < -0.39 is 0 Å². The van der Waals surface area contributed by atoms with E-state index in [1.165, 1.54) is 11.8 Å². The minimum Gasteiger partial charge on any atom is -0.497 e. The number of methoxy groups -OCH3 is 1. The Morgan fingerprint density at radius 3 is 2.57 bits per heavy atom. The fourth-order valence-electron chi connectivity index (χ4n) is 2.04. The standard InChI is InChI=1S/C17H13NO2S/c1-20-14-9-7-13(8-10-14)17(19)21-15-6-2-4-12-5-3-11-18-16(12)15/h2-11H,1H3. The van der Waals surface area contributed by atoms with Crippen LogP contribution in [0.3, 0.4) is 0 Å². The number of carbonyl (C=O) groups excluding carboxylic acids is 1. The maximum Gasteiger partial charge on any atom is 0.224 e. The van der Waals surface area contributed by atoms with E-state index in [2.05, 4.69) is 4.98 Å². The first-order valence-corrected chi connectivity index (χ1v) is 7.29. The van der Waals surface area contributed by atoms with Gasteiger partial charge in [0.25, 0.3) is 0 Å². The Labute approximate surface area is 127 Å². The molecule has 3 aromatic rings. The van der Waals surface area contributed by atoms with E-state index in [1.807, 2.05) is 30.3 Å². The number of thioether (sulfide) groups is 1. The zero-order chi connectivity index (χ0) is 14.7. The number of fused-ring (bicyclic) bond motifs is 1. The van der Waals surface area contributed by atoms with Gasteiger partial charge in [-0.15, -0.1) is 0 Å². The summed E-state index contributed by atoms with van der Waals surface area (Å²) in [6, 6.07) is 16.8. The van der Waals surface area contributed by atoms with Crippen LogP contribution in [0, 0.1) is 0 Å². The van der Waals surface area contributed by atoms with Crippen LogP contribution in [-0.4, -0.2) is 17.2 Å². The summed E-state index contributed by atoms with van der Waals surface area (Å²) in [6.07, 6.45) is 1.74. The number of rotatable bonds is 3. The van der Waals surface area contributed by atoms with E-state index >= 15 is 0 Å². The number of aromatic nitrogens is 1. The molecule has 1 heterocycles. The Balaban J connectivity index is 1.89. The number of para-hydroxylation sites is 1. The summed E-state index contributed by atoms with van der Waals surface area (Å²) < 4.78 is 5.10. The van der Waals surface area contributed by atoms with Gasteiger partial charge in [0.1, 0.15) is 5.75 Å². The van der Waals surface area contributed by atoms with E-state index in [0.717, 1.165) is 21.5 Å². The normalized spacial score (nSPS) is 10.5. The summed E-state index contributed by atoms with van der Waals surface area (Å²) in [7, 11) is 1.60. The van der Waals surface area contributed by atoms with Crippen molar-refractivity contribution in [1.29, 1.82) is 0 Å². The topological polar surface area (TPSA) is 39.2 Å². The first-order valence-electron chi connectivity index (χ1n) is 6.48. The lowest BCUT2D eigenvalue weighted by Gasteiger charge is -2.05. The van der Waals surface area contributed by atoms with Gasteiger partial charge in [-0.05, 0) is 48.2 Å². The van der Waals surface area contributed by atoms with Crippen LogP contribution in [0.25, 0.3) is 10.9 Å². The van der Waals surface area contributed by atoms with Crippen molar-refractivity contribution < 1.29 is 9.53 Å². The number of nitrogens with zero attached hydrogens (tertiary/aromatic N) is 1. The van der Waals surface area contributed by atoms with Crippen molar-refractivity contribution in [3.63, 3.8) is 0 Å². The van der Waals surface area contributed by atoms with Gasteiger partial charge in [0, 0.05) is 22.0 Å².